The summed E-state index contributed by atoms with van der Waals surface area (Å²) in [5.41, 5.74) is 1.24. The summed E-state index contributed by atoms with van der Waals surface area (Å²) in [7, 11) is -3.89. The van der Waals surface area contributed by atoms with E-state index in [4.69, 9.17) is 11.6 Å². The maximum absolute atomic E-state index is 14.7. The molecule has 37 heavy (non-hydrogen) atoms. The van der Waals surface area contributed by atoms with Gasteiger partial charge in [0.2, 0.25) is 21.8 Å². The summed E-state index contributed by atoms with van der Waals surface area (Å²) >= 11 is 5.95. The van der Waals surface area contributed by atoms with Crippen molar-refractivity contribution in [3.8, 4) is 0 Å². The standard InChI is InChI=1S/C27H29ClFN3O4S/c1-3-30-27(34)25(17-20-9-5-4-6-10-20)31(18-21-11-7-8-12-24(21)29)26(33)19-32(37(2,35)36)23-15-13-22(28)14-16-23/h4-16,25H,3,17-19H2,1-2H3,(H,30,34)/t25-/m0/s1. The lowest BCUT2D eigenvalue weighted by atomic mass is 10.0. The molecule has 0 fully saturated rings. The van der Waals surface area contributed by atoms with E-state index >= 15 is 0 Å². The van der Waals surface area contributed by atoms with Gasteiger partial charge in [-0.3, -0.25) is 13.9 Å². The molecule has 3 rings (SSSR count). The number of rotatable bonds is 11. The van der Waals surface area contributed by atoms with Gasteiger partial charge in [-0.25, -0.2) is 12.8 Å². The monoisotopic (exact) mass is 545 g/mol. The molecule has 0 saturated carbocycles. The second-order valence-electron chi connectivity index (χ2n) is 8.46. The Labute approximate surface area is 221 Å². The maximum atomic E-state index is 14.7. The van der Waals surface area contributed by atoms with Crippen LogP contribution in [-0.4, -0.2) is 50.5 Å². The first kappa shape index (κ1) is 28.1. The van der Waals surface area contributed by atoms with Crippen LogP contribution in [-0.2, 0) is 32.6 Å². The fourth-order valence-electron chi connectivity index (χ4n) is 3.88. The largest absolute Gasteiger partial charge is 0.355 e. The highest BCUT2D eigenvalue weighted by molar-refractivity contribution is 7.92. The zero-order chi connectivity index (χ0) is 27.0. The third-order valence-electron chi connectivity index (χ3n) is 5.71. The van der Waals surface area contributed by atoms with Crippen molar-refractivity contribution in [3.63, 3.8) is 0 Å². The number of hydrogen-bond donors (Lipinski definition) is 1. The number of benzene rings is 3. The van der Waals surface area contributed by atoms with E-state index in [0.29, 0.717) is 11.6 Å². The number of nitrogens with one attached hydrogen (secondary N) is 1. The summed E-state index contributed by atoms with van der Waals surface area (Å²) in [6, 6.07) is 20.1. The molecule has 0 bridgehead atoms. The van der Waals surface area contributed by atoms with E-state index in [0.717, 1.165) is 16.1 Å². The van der Waals surface area contributed by atoms with Crippen LogP contribution in [0.25, 0.3) is 0 Å². The Balaban J connectivity index is 2.04. The van der Waals surface area contributed by atoms with Crippen molar-refractivity contribution >= 4 is 39.1 Å². The first-order chi connectivity index (χ1) is 17.6. The molecule has 1 N–H and O–H groups in total. The van der Waals surface area contributed by atoms with Crippen LogP contribution in [0.15, 0.2) is 78.9 Å². The lowest BCUT2D eigenvalue weighted by molar-refractivity contribution is -0.140. The first-order valence-corrected chi connectivity index (χ1v) is 13.9. The van der Waals surface area contributed by atoms with Gasteiger partial charge < -0.3 is 10.2 Å². The van der Waals surface area contributed by atoms with Crippen molar-refractivity contribution < 1.29 is 22.4 Å². The Kier molecular flexibility index (Phi) is 9.66. The Morgan fingerprint density at radius 1 is 0.973 bits per heavy atom. The molecule has 2 amide bonds. The maximum Gasteiger partial charge on any atom is 0.244 e. The highest BCUT2D eigenvalue weighted by atomic mass is 35.5. The molecule has 0 unspecified atom stereocenters. The van der Waals surface area contributed by atoms with Gasteiger partial charge in [0.25, 0.3) is 0 Å². The first-order valence-electron chi connectivity index (χ1n) is 11.7. The van der Waals surface area contributed by atoms with Crippen molar-refractivity contribution in [1.29, 1.82) is 0 Å². The van der Waals surface area contributed by atoms with Crippen LogP contribution < -0.4 is 9.62 Å². The van der Waals surface area contributed by atoms with Gasteiger partial charge in [-0.1, -0.05) is 60.1 Å². The smallest absolute Gasteiger partial charge is 0.244 e. The SMILES string of the molecule is CCNC(=O)[C@H](Cc1ccccc1)N(Cc1ccccc1F)C(=O)CN(c1ccc(Cl)cc1)S(C)(=O)=O. The second-order valence-corrected chi connectivity index (χ2v) is 10.8. The van der Waals surface area contributed by atoms with Crippen molar-refractivity contribution in [2.24, 2.45) is 0 Å². The van der Waals surface area contributed by atoms with E-state index in [1.165, 1.54) is 47.4 Å². The molecule has 0 heterocycles. The topological polar surface area (TPSA) is 86.8 Å². The van der Waals surface area contributed by atoms with Gasteiger partial charge in [0.05, 0.1) is 11.9 Å². The van der Waals surface area contributed by atoms with Crippen LogP contribution in [0, 0.1) is 5.82 Å². The molecule has 3 aromatic carbocycles. The van der Waals surface area contributed by atoms with Crippen LogP contribution in [0.1, 0.15) is 18.1 Å². The molecule has 0 spiro atoms. The minimum absolute atomic E-state index is 0.159. The van der Waals surface area contributed by atoms with Crippen molar-refractivity contribution in [2.45, 2.75) is 25.9 Å². The van der Waals surface area contributed by atoms with Crippen LogP contribution in [0.5, 0.6) is 0 Å². The zero-order valence-corrected chi connectivity index (χ0v) is 22.2. The van der Waals surface area contributed by atoms with E-state index in [1.54, 1.807) is 13.0 Å². The average Bonchev–Trinajstić information content (AvgIpc) is 2.86. The quantitative estimate of drug-likeness (QED) is 0.394. The lowest BCUT2D eigenvalue weighted by Gasteiger charge is -2.33. The predicted octanol–water partition coefficient (Wildman–Crippen LogP) is 4.02. The minimum atomic E-state index is -3.89. The van der Waals surface area contributed by atoms with Crippen LogP contribution in [0.4, 0.5) is 10.1 Å². The minimum Gasteiger partial charge on any atom is -0.355 e. The number of carbonyl (C=O) groups is 2. The number of anilines is 1. The predicted molar refractivity (Wildman–Crippen MR) is 143 cm³/mol. The fourth-order valence-corrected chi connectivity index (χ4v) is 4.85. The molecule has 3 aromatic rings. The molecular weight excluding hydrogens is 517 g/mol. The summed E-state index contributed by atoms with van der Waals surface area (Å²) in [6.45, 7) is 1.27. The van der Waals surface area contributed by atoms with Crippen LogP contribution in [0.3, 0.4) is 0 Å². The van der Waals surface area contributed by atoms with Gasteiger partial charge in [-0.2, -0.15) is 0 Å². The van der Waals surface area contributed by atoms with Crippen molar-refractivity contribution in [3.05, 3.63) is 101 Å². The number of sulfonamides is 1. The number of amides is 2. The fraction of sp³-hybridized carbons (Fsp3) is 0.259. The third kappa shape index (κ3) is 7.77. The summed E-state index contributed by atoms with van der Waals surface area (Å²) < 4.78 is 40.9. The van der Waals surface area contributed by atoms with E-state index in [9.17, 15) is 22.4 Å². The Morgan fingerprint density at radius 3 is 2.19 bits per heavy atom. The molecular formula is C27H29ClFN3O4S. The lowest BCUT2D eigenvalue weighted by Crippen LogP contribution is -2.53. The molecule has 0 saturated heterocycles. The molecule has 0 aliphatic rings. The number of halogens is 2. The molecule has 0 aliphatic heterocycles. The number of nitrogens with zero attached hydrogens (tertiary/aromatic N) is 2. The van der Waals surface area contributed by atoms with E-state index in [1.807, 2.05) is 30.3 Å². The number of likely N-dealkylation sites (N-methyl/N-ethyl adjacent to an activating group) is 1. The zero-order valence-electron chi connectivity index (χ0n) is 20.6. The summed E-state index contributed by atoms with van der Waals surface area (Å²) in [5, 5.41) is 3.16. The molecule has 1 atom stereocenters. The number of hydrogen-bond acceptors (Lipinski definition) is 4. The molecule has 0 radical (unpaired) electrons. The summed E-state index contributed by atoms with van der Waals surface area (Å²) in [5.74, 6) is -1.61. The van der Waals surface area contributed by atoms with Gasteiger partial charge in [-0.05, 0) is 42.8 Å². The molecule has 0 aliphatic carbocycles. The van der Waals surface area contributed by atoms with E-state index < -0.39 is 40.2 Å². The second kappa shape index (κ2) is 12.7. The third-order valence-corrected chi connectivity index (χ3v) is 7.11. The highest BCUT2D eigenvalue weighted by Gasteiger charge is 2.33. The van der Waals surface area contributed by atoms with Gasteiger partial charge in [-0.15, -0.1) is 0 Å². The van der Waals surface area contributed by atoms with Crippen molar-refractivity contribution in [1.82, 2.24) is 10.2 Å². The average molecular weight is 546 g/mol. The van der Waals surface area contributed by atoms with E-state index in [2.05, 4.69) is 5.32 Å². The molecule has 10 heteroatoms. The molecule has 7 nitrogen and oxygen atoms in total. The van der Waals surface area contributed by atoms with Crippen LogP contribution >= 0.6 is 11.6 Å². The van der Waals surface area contributed by atoms with E-state index in [-0.39, 0.29) is 24.2 Å². The highest BCUT2D eigenvalue weighted by Crippen LogP contribution is 2.22. The van der Waals surface area contributed by atoms with Gasteiger partial charge in [0.15, 0.2) is 0 Å². The van der Waals surface area contributed by atoms with Gasteiger partial charge >= 0.3 is 0 Å². The van der Waals surface area contributed by atoms with Gasteiger partial charge in [0.1, 0.15) is 18.4 Å². The Morgan fingerprint density at radius 2 is 1.59 bits per heavy atom. The number of carbonyl (C=O) groups excluding carboxylic acids is 2. The van der Waals surface area contributed by atoms with Crippen molar-refractivity contribution in [2.75, 3.05) is 23.7 Å². The Hall–Kier alpha value is -3.43. The normalized spacial score (nSPS) is 12.0. The Bertz CT molecular complexity index is 1320. The summed E-state index contributed by atoms with van der Waals surface area (Å²) in [4.78, 5) is 28.2. The van der Waals surface area contributed by atoms with Crippen LogP contribution in [0.2, 0.25) is 5.02 Å². The van der Waals surface area contributed by atoms with Gasteiger partial charge in [0, 0.05) is 30.1 Å². The summed E-state index contributed by atoms with van der Waals surface area (Å²) in [6.07, 6.45) is 1.15. The molecule has 196 valence electrons. The molecule has 0 aromatic heterocycles.